The molecule has 0 aliphatic carbocycles. The van der Waals surface area contributed by atoms with Crippen molar-refractivity contribution in [2.75, 3.05) is 13.2 Å². The van der Waals surface area contributed by atoms with E-state index in [9.17, 15) is 0 Å². The van der Waals surface area contributed by atoms with Crippen LogP contribution in [0, 0.1) is 0 Å². The van der Waals surface area contributed by atoms with Crippen molar-refractivity contribution in [2.45, 2.75) is 58.2 Å². The lowest BCUT2D eigenvalue weighted by atomic mass is 10.1. The SMILES string of the molecule is CCCn1nccc1CNCCC1CCCCO1. The highest BCUT2D eigenvalue weighted by molar-refractivity contribution is 4.99. The second-order valence-electron chi connectivity index (χ2n) is 5.00. The molecule has 4 nitrogen and oxygen atoms in total. The minimum atomic E-state index is 0.479. The van der Waals surface area contributed by atoms with E-state index in [-0.39, 0.29) is 0 Å². The van der Waals surface area contributed by atoms with Crippen LogP contribution in [0.25, 0.3) is 0 Å². The van der Waals surface area contributed by atoms with E-state index >= 15 is 0 Å². The van der Waals surface area contributed by atoms with E-state index in [2.05, 4.69) is 28.1 Å². The number of nitrogens with zero attached hydrogens (tertiary/aromatic N) is 2. The molecule has 18 heavy (non-hydrogen) atoms. The van der Waals surface area contributed by atoms with E-state index in [1.54, 1.807) is 0 Å². The quantitative estimate of drug-likeness (QED) is 0.756. The van der Waals surface area contributed by atoms with Crippen LogP contribution >= 0.6 is 0 Å². The van der Waals surface area contributed by atoms with Crippen LogP contribution in [0.2, 0.25) is 0 Å². The molecular weight excluding hydrogens is 226 g/mol. The lowest BCUT2D eigenvalue weighted by Crippen LogP contribution is -2.25. The summed E-state index contributed by atoms with van der Waals surface area (Å²) in [6, 6.07) is 2.10. The second-order valence-corrected chi connectivity index (χ2v) is 5.00. The van der Waals surface area contributed by atoms with Gasteiger partial charge in [-0.25, -0.2) is 0 Å². The minimum absolute atomic E-state index is 0.479. The van der Waals surface area contributed by atoms with Crippen LogP contribution in [0.1, 0.15) is 44.7 Å². The Labute approximate surface area is 110 Å². The van der Waals surface area contributed by atoms with Crippen LogP contribution in [0.15, 0.2) is 12.3 Å². The van der Waals surface area contributed by atoms with Crippen molar-refractivity contribution in [2.24, 2.45) is 0 Å². The van der Waals surface area contributed by atoms with Gasteiger partial charge in [-0.2, -0.15) is 5.10 Å². The molecule has 0 aromatic carbocycles. The van der Waals surface area contributed by atoms with Crippen molar-refractivity contribution >= 4 is 0 Å². The van der Waals surface area contributed by atoms with E-state index < -0.39 is 0 Å². The van der Waals surface area contributed by atoms with Gasteiger partial charge in [-0.05, 0) is 44.7 Å². The topological polar surface area (TPSA) is 39.1 Å². The molecule has 1 fully saturated rings. The smallest absolute Gasteiger partial charge is 0.0587 e. The predicted molar refractivity (Wildman–Crippen MR) is 72.4 cm³/mol. The van der Waals surface area contributed by atoms with Gasteiger partial charge in [0.1, 0.15) is 0 Å². The molecule has 0 radical (unpaired) electrons. The molecule has 1 atom stereocenters. The zero-order valence-electron chi connectivity index (χ0n) is 11.4. The summed E-state index contributed by atoms with van der Waals surface area (Å²) in [5.41, 5.74) is 1.28. The second kappa shape index (κ2) is 7.54. The first-order valence-electron chi connectivity index (χ1n) is 7.23. The predicted octanol–water partition coefficient (Wildman–Crippen LogP) is 2.34. The Morgan fingerprint density at radius 2 is 2.44 bits per heavy atom. The highest BCUT2D eigenvalue weighted by Gasteiger charge is 2.12. The fourth-order valence-electron chi connectivity index (χ4n) is 2.44. The molecule has 1 N–H and O–H groups in total. The summed E-state index contributed by atoms with van der Waals surface area (Å²) in [7, 11) is 0. The molecule has 0 amide bonds. The molecule has 2 heterocycles. The number of nitrogens with one attached hydrogen (secondary N) is 1. The molecule has 1 aliphatic rings. The van der Waals surface area contributed by atoms with E-state index in [1.165, 1.54) is 25.0 Å². The summed E-state index contributed by atoms with van der Waals surface area (Å²) < 4.78 is 7.81. The Kier molecular flexibility index (Phi) is 5.68. The maximum absolute atomic E-state index is 5.72. The van der Waals surface area contributed by atoms with Crippen LogP contribution < -0.4 is 5.32 Å². The number of aromatic nitrogens is 2. The number of hydrogen-bond donors (Lipinski definition) is 1. The van der Waals surface area contributed by atoms with E-state index in [0.717, 1.165) is 39.1 Å². The van der Waals surface area contributed by atoms with Gasteiger partial charge >= 0.3 is 0 Å². The van der Waals surface area contributed by atoms with Crippen molar-refractivity contribution in [1.29, 1.82) is 0 Å². The zero-order valence-corrected chi connectivity index (χ0v) is 11.4. The largest absolute Gasteiger partial charge is 0.378 e. The number of aryl methyl sites for hydroxylation is 1. The molecule has 0 saturated carbocycles. The molecule has 0 bridgehead atoms. The third kappa shape index (κ3) is 4.10. The maximum Gasteiger partial charge on any atom is 0.0587 e. The standard InChI is InChI=1S/C14H25N3O/c1-2-10-17-13(6-9-16-17)12-15-8-7-14-5-3-4-11-18-14/h6,9,14-15H,2-5,7-8,10-12H2,1H3. The molecule has 2 rings (SSSR count). The molecule has 1 aromatic heterocycles. The van der Waals surface area contributed by atoms with Gasteiger partial charge in [0.25, 0.3) is 0 Å². The third-order valence-corrected chi connectivity index (χ3v) is 3.46. The van der Waals surface area contributed by atoms with Gasteiger partial charge in [0.2, 0.25) is 0 Å². The summed E-state index contributed by atoms with van der Waals surface area (Å²) >= 11 is 0. The summed E-state index contributed by atoms with van der Waals surface area (Å²) in [6.07, 6.45) is 8.42. The van der Waals surface area contributed by atoms with Crippen LogP contribution in [0.5, 0.6) is 0 Å². The third-order valence-electron chi connectivity index (χ3n) is 3.46. The van der Waals surface area contributed by atoms with Crippen LogP contribution in [0.4, 0.5) is 0 Å². The van der Waals surface area contributed by atoms with Crippen molar-refractivity contribution in [3.05, 3.63) is 18.0 Å². The maximum atomic E-state index is 5.72. The van der Waals surface area contributed by atoms with Gasteiger partial charge < -0.3 is 10.1 Å². The summed E-state index contributed by atoms with van der Waals surface area (Å²) in [4.78, 5) is 0. The molecule has 0 spiro atoms. The first kappa shape index (κ1) is 13.6. The van der Waals surface area contributed by atoms with Gasteiger partial charge in [0.15, 0.2) is 0 Å². The van der Waals surface area contributed by atoms with Crippen LogP contribution in [-0.2, 0) is 17.8 Å². The number of hydrogen-bond acceptors (Lipinski definition) is 3. The molecule has 4 heteroatoms. The summed E-state index contributed by atoms with van der Waals surface area (Å²) in [5, 5.41) is 7.82. The lowest BCUT2D eigenvalue weighted by molar-refractivity contribution is 0.0115. The average molecular weight is 251 g/mol. The van der Waals surface area contributed by atoms with Gasteiger partial charge in [0.05, 0.1) is 11.8 Å². The zero-order chi connectivity index (χ0) is 12.6. The van der Waals surface area contributed by atoms with Crippen molar-refractivity contribution in [3.8, 4) is 0 Å². The van der Waals surface area contributed by atoms with Gasteiger partial charge in [-0.15, -0.1) is 0 Å². The summed E-state index contributed by atoms with van der Waals surface area (Å²) in [6.45, 7) is 6.08. The van der Waals surface area contributed by atoms with Gasteiger partial charge in [-0.1, -0.05) is 6.92 Å². The molecule has 102 valence electrons. The molecule has 1 aliphatic heterocycles. The highest BCUT2D eigenvalue weighted by atomic mass is 16.5. The summed E-state index contributed by atoms with van der Waals surface area (Å²) in [5.74, 6) is 0. The lowest BCUT2D eigenvalue weighted by Gasteiger charge is -2.22. The van der Waals surface area contributed by atoms with E-state index in [4.69, 9.17) is 4.74 Å². The van der Waals surface area contributed by atoms with Crippen molar-refractivity contribution in [3.63, 3.8) is 0 Å². The van der Waals surface area contributed by atoms with Crippen LogP contribution in [0.3, 0.4) is 0 Å². The molecule has 1 unspecified atom stereocenters. The van der Waals surface area contributed by atoms with Crippen molar-refractivity contribution < 1.29 is 4.74 Å². The number of ether oxygens (including phenoxy) is 1. The normalized spacial score (nSPS) is 20.2. The fraction of sp³-hybridized carbons (Fsp3) is 0.786. The number of rotatable bonds is 7. The first-order valence-corrected chi connectivity index (χ1v) is 7.23. The van der Waals surface area contributed by atoms with Gasteiger partial charge in [0, 0.05) is 25.9 Å². The Morgan fingerprint density at radius 1 is 1.50 bits per heavy atom. The fourth-order valence-corrected chi connectivity index (χ4v) is 2.44. The average Bonchev–Trinajstić information content (AvgIpc) is 2.84. The van der Waals surface area contributed by atoms with Gasteiger partial charge in [-0.3, -0.25) is 4.68 Å². The molecular formula is C14H25N3O. The van der Waals surface area contributed by atoms with Crippen LogP contribution in [-0.4, -0.2) is 29.0 Å². The monoisotopic (exact) mass is 251 g/mol. The molecule has 1 aromatic rings. The minimum Gasteiger partial charge on any atom is -0.378 e. The van der Waals surface area contributed by atoms with E-state index in [1.807, 2.05) is 6.20 Å². The van der Waals surface area contributed by atoms with Crippen molar-refractivity contribution in [1.82, 2.24) is 15.1 Å². The van der Waals surface area contributed by atoms with E-state index in [0.29, 0.717) is 6.10 Å². The molecule has 1 saturated heterocycles. The highest BCUT2D eigenvalue weighted by Crippen LogP contribution is 2.14. The Bertz CT molecular complexity index is 332. The Hall–Kier alpha value is -0.870. The Morgan fingerprint density at radius 3 is 3.22 bits per heavy atom. The first-order chi connectivity index (χ1) is 8.90. The Balaban J connectivity index is 1.63.